The molecule has 4 N–H and O–H groups in total. The number of nitrogens with one attached hydrogen (secondary N) is 4. The average Bonchev–Trinajstić information content (AvgIpc) is 3.20. The van der Waals surface area contributed by atoms with Crippen molar-refractivity contribution < 1.29 is 0 Å². The molecule has 0 atom stereocenters. The molecule has 3 aromatic rings. The van der Waals surface area contributed by atoms with Crippen molar-refractivity contribution in [3.05, 3.63) is 59.2 Å². The summed E-state index contributed by atoms with van der Waals surface area (Å²) in [5.41, 5.74) is 3.68. The zero-order chi connectivity index (χ0) is 21.3. The van der Waals surface area contributed by atoms with Crippen molar-refractivity contribution >= 4 is 40.1 Å². The molecular formula is C24H32ClN5S. The van der Waals surface area contributed by atoms with Crippen LogP contribution in [0.15, 0.2) is 53.6 Å². The van der Waals surface area contributed by atoms with Crippen LogP contribution in [0, 0.1) is 0 Å². The number of benzene rings is 2. The largest absolute Gasteiger partial charge is 0.385 e. The SMILES string of the molecule is Clc1ccc2[nH]cc(CCCNSc3ccc(NCCCN4CCNCC4)cc3)c2c1. The minimum atomic E-state index is 0.791. The Morgan fingerprint density at radius 2 is 1.84 bits per heavy atom. The third-order valence-corrected chi connectivity index (χ3v) is 6.78. The lowest BCUT2D eigenvalue weighted by Crippen LogP contribution is -2.44. The summed E-state index contributed by atoms with van der Waals surface area (Å²) in [4.78, 5) is 7.11. The highest BCUT2D eigenvalue weighted by molar-refractivity contribution is 7.97. The van der Waals surface area contributed by atoms with Crippen molar-refractivity contribution in [1.82, 2.24) is 19.9 Å². The normalized spacial score (nSPS) is 14.9. The molecule has 0 unspecified atom stereocenters. The molecular weight excluding hydrogens is 426 g/mol. The van der Waals surface area contributed by atoms with Gasteiger partial charge in [0.15, 0.2) is 0 Å². The van der Waals surface area contributed by atoms with Crippen LogP contribution in [0.5, 0.6) is 0 Å². The maximum absolute atomic E-state index is 6.14. The number of rotatable bonds is 11. The lowest BCUT2D eigenvalue weighted by atomic mass is 10.1. The molecule has 2 heterocycles. The number of fused-ring (bicyclic) bond motifs is 1. The highest BCUT2D eigenvalue weighted by atomic mass is 35.5. The van der Waals surface area contributed by atoms with Crippen LogP contribution >= 0.6 is 23.5 Å². The molecule has 0 amide bonds. The van der Waals surface area contributed by atoms with Crippen LogP contribution in [0.3, 0.4) is 0 Å². The molecule has 5 nitrogen and oxygen atoms in total. The van der Waals surface area contributed by atoms with Crippen LogP contribution in [0.2, 0.25) is 5.02 Å². The molecule has 1 saturated heterocycles. The first kappa shape index (κ1) is 22.5. The van der Waals surface area contributed by atoms with Crippen molar-refractivity contribution in [1.29, 1.82) is 0 Å². The smallest absolute Gasteiger partial charge is 0.0457 e. The van der Waals surface area contributed by atoms with Crippen LogP contribution in [-0.4, -0.2) is 55.7 Å². The van der Waals surface area contributed by atoms with E-state index in [-0.39, 0.29) is 0 Å². The van der Waals surface area contributed by atoms with Gasteiger partial charge in [0, 0.05) is 72.0 Å². The Bertz CT molecular complexity index is 937. The number of aryl methyl sites for hydroxylation is 1. The number of aromatic nitrogens is 1. The lowest BCUT2D eigenvalue weighted by molar-refractivity contribution is 0.240. The summed E-state index contributed by atoms with van der Waals surface area (Å²) in [5, 5.41) is 8.96. The summed E-state index contributed by atoms with van der Waals surface area (Å²) >= 11 is 7.84. The Kier molecular flexibility index (Phi) is 8.55. The van der Waals surface area contributed by atoms with Crippen molar-refractivity contribution in [2.24, 2.45) is 0 Å². The summed E-state index contributed by atoms with van der Waals surface area (Å²) in [7, 11) is 0. The van der Waals surface area contributed by atoms with Gasteiger partial charge in [0.2, 0.25) is 0 Å². The number of nitrogens with zero attached hydrogens (tertiary/aromatic N) is 1. The maximum Gasteiger partial charge on any atom is 0.0457 e. The van der Waals surface area contributed by atoms with Gasteiger partial charge in [-0.15, -0.1) is 0 Å². The summed E-state index contributed by atoms with van der Waals surface area (Å²) in [6.07, 6.45) is 5.40. The van der Waals surface area contributed by atoms with Crippen LogP contribution in [-0.2, 0) is 6.42 Å². The summed E-state index contributed by atoms with van der Waals surface area (Å²) in [6.45, 7) is 7.76. The molecule has 7 heteroatoms. The first-order valence-corrected chi connectivity index (χ1v) is 12.4. The Hall–Kier alpha value is -1.70. The van der Waals surface area contributed by atoms with E-state index >= 15 is 0 Å². The minimum Gasteiger partial charge on any atom is -0.385 e. The predicted octanol–water partition coefficient (Wildman–Crippen LogP) is 4.76. The third kappa shape index (κ3) is 6.89. The number of piperazine rings is 1. The standard InChI is InChI=1S/C24H32ClN5S/c25-20-4-9-24-23(17-20)19(18-28-24)3-1-11-29-31-22-7-5-21(6-8-22)27-10-2-14-30-15-12-26-13-16-30/h4-9,17-18,26-29H,1-3,10-16H2. The Labute approximate surface area is 194 Å². The van der Waals surface area contributed by atoms with Gasteiger partial charge < -0.3 is 20.5 Å². The van der Waals surface area contributed by atoms with E-state index in [4.69, 9.17) is 11.6 Å². The van der Waals surface area contributed by atoms with Gasteiger partial charge in [-0.1, -0.05) is 11.6 Å². The highest BCUT2D eigenvalue weighted by Gasteiger charge is 2.08. The molecule has 1 aromatic heterocycles. The number of halogens is 1. The zero-order valence-corrected chi connectivity index (χ0v) is 19.5. The molecule has 0 radical (unpaired) electrons. The van der Waals surface area contributed by atoms with E-state index < -0.39 is 0 Å². The number of hydrogen-bond donors (Lipinski definition) is 4. The van der Waals surface area contributed by atoms with Gasteiger partial charge in [-0.3, -0.25) is 4.72 Å². The third-order valence-electron chi connectivity index (χ3n) is 5.69. The van der Waals surface area contributed by atoms with Crippen LogP contribution in [0.25, 0.3) is 10.9 Å². The van der Waals surface area contributed by atoms with E-state index in [9.17, 15) is 0 Å². The number of anilines is 1. The Morgan fingerprint density at radius 3 is 2.68 bits per heavy atom. The highest BCUT2D eigenvalue weighted by Crippen LogP contribution is 2.23. The van der Waals surface area contributed by atoms with E-state index in [2.05, 4.69) is 55.7 Å². The van der Waals surface area contributed by atoms with Gasteiger partial charge in [-0.05, 0) is 85.8 Å². The van der Waals surface area contributed by atoms with Gasteiger partial charge in [0.1, 0.15) is 0 Å². The molecule has 0 aliphatic carbocycles. The van der Waals surface area contributed by atoms with Crippen molar-refractivity contribution in [2.45, 2.75) is 24.2 Å². The van der Waals surface area contributed by atoms with E-state index in [0.717, 1.165) is 49.6 Å². The van der Waals surface area contributed by atoms with Crippen LogP contribution in [0.1, 0.15) is 18.4 Å². The Morgan fingerprint density at radius 1 is 1.00 bits per heavy atom. The topological polar surface area (TPSA) is 55.1 Å². The Balaban J connectivity index is 1.11. The van der Waals surface area contributed by atoms with Crippen LogP contribution in [0.4, 0.5) is 5.69 Å². The molecule has 1 aliphatic rings. The monoisotopic (exact) mass is 457 g/mol. The first-order chi connectivity index (χ1) is 15.3. The van der Waals surface area contributed by atoms with Crippen molar-refractivity contribution in [2.75, 3.05) is 51.1 Å². The quantitative estimate of drug-likeness (QED) is 0.247. The molecule has 4 rings (SSSR count). The minimum absolute atomic E-state index is 0.791. The molecule has 1 fully saturated rings. The fourth-order valence-corrected chi connectivity index (χ4v) is 4.81. The number of aromatic amines is 1. The van der Waals surface area contributed by atoms with Gasteiger partial charge >= 0.3 is 0 Å². The molecule has 1 aliphatic heterocycles. The number of hydrogen-bond acceptors (Lipinski definition) is 5. The second kappa shape index (κ2) is 11.8. The van der Waals surface area contributed by atoms with Gasteiger partial charge in [-0.2, -0.15) is 0 Å². The van der Waals surface area contributed by atoms with E-state index in [1.807, 2.05) is 18.2 Å². The summed E-state index contributed by atoms with van der Waals surface area (Å²) in [5.74, 6) is 0. The summed E-state index contributed by atoms with van der Waals surface area (Å²) in [6, 6.07) is 14.7. The van der Waals surface area contributed by atoms with E-state index in [0.29, 0.717) is 0 Å². The maximum atomic E-state index is 6.14. The lowest BCUT2D eigenvalue weighted by Gasteiger charge is -2.27. The first-order valence-electron chi connectivity index (χ1n) is 11.2. The zero-order valence-electron chi connectivity index (χ0n) is 17.9. The average molecular weight is 458 g/mol. The van der Waals surface area contributed by atoms with Crippen LogP contribution < -0.4 is 15.4 Å². The molecule has 31 heavy (non-hydrogen) atoms. The molecule has 166 valence electrons. The fraction of sp³-hybridized carbons (Fsp3) is 0.417. The number of H-pyrrole nitrogens is 1. The fourth-order valence-electron chi connectivity index (χ4n) is 3.95. The van der Waals surface area contributed by atoms with Gasteiger partial charge in [0.25, 0.3) is 0 Å². The molecule has 0 spiro atoms. The van der Waals surface area contributed by atoms with Crippen molar-refractivity contribution in [3.8, 4) is 0 Å². The van der Waals surface area contributed by atoms with Gasteiger partial charge in [-0.25, -0.2) is 0 Å². The summed E-state index contributed by atoms with van der Waals surface area (Å²) < 4.78 is 3.48. The predicted molar refractivity (Wildman–Crippen MR) is 134 cm³/mol. The van der Waals surface area contributed by atoms with Gasteiger partial charge in [0.05, 0.1) is 0 Å². The van der Waals surface area contributed by atoms with E-state index in [1.54, 1.807) is 11.9 Å². The molecule has 0 bridgehead atoms. The van der Waals surface area contributed by atoms with E-state index in [1.165, 1.54) is 47.6 Å². The van der Waals surface area contributed by atoms with Crippen molar-refractivity contribution in [3.63, 3.8) is 0 Å². The second-order valence-corrected chi connectivity index (χ2v) is 9.40. The second-order valence-electron chi connectivity index (χ2n) is 8.00. The molecule has 0 saturated carbocycles. The molecule has 2 aromatic carbocycles.